The first-order chi connectivity index (χ1) is 7.75. The molecule has 4 nitrogen and oxygen atoms in total. The number of Topliss-reactive ketones (excluding diaryl/α,β-unsaturated/α-hetero) is 1. The van der Waals surface area contributed by atoms with Crippen molar-refractivity contribution in [1.29, 1.82) is 0 Å². The van der Waals surface area contributed by atoms with Gasteiger partial charge in [-0.3, -0.25) is 9.59 Å². The molecule has 0 spiro atoms. The predicted octanol–water partition coefficient (Wildman–Crippen LogP) is 1.14. The quantitative estimate of drug-likeness (QED) is 0.674. The van der Waals surface area contributed by atoms with Crippen LogP contribution in [-0.2, 0) is 14.3 Å². The molecule has 1 aliphatic carbocycles. The van der Waals surface area contributed by atoms with Crippen LogP contribution in [0, 0.1) is 0 Å². The summed E-state index contributed by atoms with van der Waals surface area (Å²) in [6.45, 7) is 1.83. The molecule has 1 aliphatic heterocycles. The maximum Gasteiger partial charge on any atom is 0.230 e. The van der Waals surface area contributed by atoms with E-state index in [0.29, 0.717) is 32.2 Å². The Bertz CT molecular complexity index is 271. The van der Waals surface area contributed by atoms with Gasteiger partial charge in [0.05, 0.1) is 19.1 Å². The van der Waals surface area contributed by atoms with Gasteiger partial charge in [0.15, 0.2) is 0 Å². The van der Waals surface area contributed by atoms with Gasteiger partial charge in [-0.05, 0) is 12.8 Å². The number of hydrogen-bond donors (Lipinski definition) is 0. The second-order valence-corrected chi connectivity index (χ2v) is 4.62. The van der Waals surface area contributed by atoms with Crippen LogP contribution in [0.4, 0.5) is 0 Å². The summed E-state index contributed by atoms with van der Waals surface area (Å²) in [6, 6.07) is 0. The van der Waals surface area contributed by atoms with E-state index in [9.17, 15) is 9.59 Å². The van der Waals surface area contributed by atoms with Gasteiger partial charge in [-0.2, -0.15) is 0 Å². The third-order valence-corrected chi connectivity index (χ3v) is 3.38. The third kappa shape index (κ3) is 3.04. The minimum atomic E-state index is -0.0359. The van der Waals surface area contributed by atoms with E-state index in [2.05, 4.69) is 0 Å². The molecule has 0 aromatic carbocycles. The normalized spacial score (nSPS) is 23.1. The fourth-order valence-corrected chi connectivity index (χ4v) is 2.37. The molecule has 0 aromatic heterocycles. The van der Waals surface area contributed by atoms with E-state index >= 15 is 0 Å². The molecule has 0 unspecified atom stereocenters. The molecular weight excluding hydrogens is 206 g/mol. The van der Waals surface area contributed by atoms with Crippen molar-refractivity contribution in [3.63, 3.8) is 0 Å². The summed E-state index contributed by atoms with van der Waals surface area (Å²) in [5, 5.41) is 0. The van der Waals surface area contributed by atoms with Crippen LogP contribution in [0.2, 0.25) is 0 Å². The van der Waals surface area contributed by atoms with Crippen molar-refractivity contribution in [2.75, 3.05) is 19.7 Å². The van der Waals surface area contributed by atoms with Crippen LogP contribution < -0.4 is 0 Å². The number of piperidine rings is 1. The first-order valence-electron chi connectivity index (χ1n) is 6.17. The third-order valence-electron chi connectivity index (χ3n) is 3.38. The van der Waals surface area contributed by atoms with Gasteiger partial charge in [-0.25, -0.2) is 0 Å². The van der Waals surface area contributed by atoms with Crippen molar-refractivity contribution < 1.29 is 14.3 Å². The van der Waals surface area contributed by atoms with Gasteiger partial charge in [-0.1, -0.05) is 12.8 Å². The molecule has 16 heavy (non-hydrogen) atoms. The van der Waals surface area contributed by atoms with E-state index in [1.165, 1.54) is 12.8 Å². The van der Waals surface area contributed by atoms with Crippen LogP contribution in [0.15, 0.2) is 0 Å². The monoisotopic (exact) mass is 225 g/mol. The molecule has 0 radical (unpaired) electrons. The Labute approximate surface area is 95.9 Å². The Balaban J connectivity index is 1.65. The molecule has 90 valence electrons. The Morgan fingerprint density at radius 1 is 1.25 bits per heavy atom. The Hall–Kier alpha value is -0.900. The summed E-state index contributed by atoms with van der Waals surface area (Å²) >= 11 is 0. The molecule has 0 atom stereocenters. The number of carbonyl (C=O) groups is 2. The van der Waals surface area contributed by atoms with Gasteiger partial charge in [0.2, 0.25) is 5.91 Å². The number of nitrogens with zero attached hydrogens (tertiary/aromatic N) is 1. The second-order valence-electron chi connectivity index (χ2n) is 4.62. The summed E-state index contributed by atoms with van der Waals surface area (Å²) < 4.78 is 5.70. The molecule has 1 heterocycles. The predicted molar refractivity (Wildman–Crippen MR) is 59.0 cm³/mol. The topological polar surface area (TPSA) is 46.6 Å². The summed E-state index contributed by atoms with van der Waals surface area (Å²) in [6.07, 6.45) is 5.85. The average molecular weight is 225 g/mol. The highest BCUT2D eigenvalue weighted by molar-refractivity contribution is 6.00. The summed E-state index contributed by atoms with van der Waals surface area (Å²) in [5.41, 5.74) is 0. The van der Waals surface area contributed by atoms with Crippen molar-refractivity contribution >= 4 is 11.7 Å². The summed E-state index contributed by atoms with van der Waals surface area (Å²) in [5.74, 6) is 0.0317. The van der Waals surface area contributed by atoms with Gasteiger partial charge in [-0.15, -0.1) is 0 Å². The van der Waals surface area contributed by atoms with Crippen LogP contribution in [0.25, 0.3) is 0 Å². The fourth-order valence-electron chi connectivity index (χ4n) is 2.37. The fraction of sp³-hybridized carbons (Fsp3) is 0.833. The lowest BCUT2D eigenvalue weighted by molar-refractivity contribution is -0.140. The van der Waals surface area contributed by atoms with Crippen LogP contribution in [0.3, 0.4) is 0 Å². The zero-order chi connectivity index (χ0) is 11.4. The minimum absolute atomic E-state index is 0.0359. The number of hydrogen-bond acceptors (Lipinski definition) is 3. The first-order valence-corrected chi connectivity index (χ1v) is 6.17. The SMILES string of the molecule is O=C1CCN(CCOC2CCCC2)C(=O)C1. The largest absolute Gasteiger partial charge is 0.376 e. The molecule has 2 rings (SSSR count). The van der Waals surface area contributed by atoms with E-state index in [-0.39, 0.29) is 18.1 Å². The van der Waals surface area contributed by atoms with Crippen LogP contribution >= 0.6 is 0 Å². The average Bonchev–Trinajstić information content (AvgIpc) is 2.74. The number of likely N-dealkylation sites (tertiary alicyclic amines) is 1. The molecule has 1 saturated heterocycles. The highest BCUT2D eigenvalue weighted by Crippen LogP contribution is 2.20. The molecular formula is C12H19NO3. The van der Waals surface area contributed by atoms with Gasteiger partial charge in [0.25, 0.3) is 0 Å². The Morgan fingerprint density at radius 3 is 2.69 bits per heavy atom. The molecule has 2 fully saturated rings. The summed E-state index contributed by atoms with van der Waals surface area (Å²) in [4.78, 5) is 24.3. The molecule has 0 aromatic rings. The van der Waals surface area contributed by atoms with Crippen LogP contribution in [-0.4, -0.2) is 42.4 Å². The lowest BCUT2D eigenvalue weighted by Crippen LogP contribution is -2.41. The van der Waals surface area contributed by atoms with E-state index in [4.69, 9.17) is 4.74 Å². The van der Waals surface area contributed by atoms with Gasteiger partial charge in [0, 0.05) is 19.5 Å². The van der Waals surface area contributed by atoms with E-state index < -0.39 is 0 Å². The molecule has 0 N–H and O–H groups in total. The van der Waals surface area contributed by atoms with Crippen LogP contribution in [0.5, 0.6) is 0 Å². The molecule has 1 saturated carbocycles. The number of amides is 1. The number of ether oxygens (including phenoxy) is 1. The highest BCUT2D eigenvalue weighted by Gasteiger charge is 2.23. The Morgan fingerprint density at radius 2 is 2.00 bits per heavy atom. The van der Waals surface area contributed by atoms with Crippen molar-refractivity contribution in [1.82, 2.24) is 4.90 Å². The van der Waals surface area contributed by atoms with Gasteiger partial charge >= 0.3 is 0 Å². The molecule has 0 bridgehead atoms. The summed E-state index contributed by atoms with van der Waals surface area (Å²) in [7, 11) is 0. The van der Waals surface area contributed by atoms with Crippen molar-refractivity contribution in [2.45, 2.75) is 44.6 Å². The van der Waals surface area contributed by atoms with Gasteiger partial charge in [0.1, 0.15) is 5.78 Å². The lowest BCUT2D eigenvalue weighted by atomic mass is 10.1. The zero-order valence-corrected chi connectivity index (χ0v) is 9.61. The van der Waals surface area contributed by atoms with E-state index in [1.807, 2.05) is 0 Å². The molecule has 4 heteroatoms. The number of rotatable bonds is 4. The molecule has 2 aliphatic rings. The second kappa shape index (κ2) is 5.43. The Kier molecular flexibility index (Phi) is 3.93. The van der Waals surface area contributed by atoms with Crippen molar-refractivity contribution in [3.8, 4) is 0 Å². The maximum absolute atomic E-state index is 11.5. The maximum atomic E-state index is 11.5. The van der Waals surface area contributed by atoms with Gasteiger partial charge < -0.3 is 9.64 Å². The first kappa shape index (κ1) is 11.6. The molecule has 1 amide bonds. The minimum Gasteiger partial charge on any atom is -0.376 e. The zero-order valence-electron chi connectivity index (χ0n) is 9.61. The van der Waals surface area contributed by atoms with E-state index in [0.717, 1.165) is 12.8 Å². The lowest BCUT2D eigenvalue weighted by Gasteiger charge is -2.26. The van der Waals surface area contributed by atoms with E-state index in [1.54, 1.807) is 4.90 Å². The standard InChI is InChI=1S/C12H19NO3/c14-10-5-6-13(12(15)9-10)7-8-16-11-3-1-2-4-11/h11H,1-9H2. The number of ketones is 1. The number of carbonyl (C=O) groups excluding carboxylic acids is 2. The smallest absolute Gasteiger partial charge is 0.230 e. The van der Waals surface area contributed by atoms with Crippen molar-refractivity contribution in [3.05, 3.63) is 0 Å². The van der Waals surface area contributed by atoms with Crippen molar-refractivity contribution in [2.24, 2.45) is 0 Å². The highest BCUT2D eigenvalue weighted by atomic mass is 16.5. The van der Waals surface area contributed by atoms with Crippen LogP contribution in [0.1, 0.15) is 38.5 Å².